The first-order chi connectivity index (χ1) is 30.3. The Balaban J connectivity index is 0.000000196. The van der Waals surface area contributed by atoms with Crippen LogP contribution in [0.4, 0.5) is 0 Å². The first-order valence-electron chi connectivity index (χ1n) is 27.9. The van der Waals surface area contributed by atoms with Crippen LogP contribution in [0.3, 0.4) is 0 Å². The van der Waals surface area contributed by atoms with E-state index >= 15 is 0 Å². The van der Waals surface area contributed by atoms with E-state index in [0.717, 1.165) is 69.6 Å². The smallest absolute Gasteiger partial charge is 0.303 e. The molecule has 8 rings (SSSR count). The van der Waals surface area contributed by atoms with E-state index in [9.17, 15) is 30.3 Å². The lowest BCUT2D eigenvalue weighted by atomic mass is 9.37. The molecule has 8 saturated carbocycles. The summed E-state index contributed by atoms with van der Waals surface area (Å²) in [5, 5.41) is 55.7. The van der Waals surface area contributed by atoms with Crippen molar-refractivity contribution in [2.45, 2.75) is 229 Å². The molecule has 8 aliphatic carbocycles. The standard InChI is InChI=1S/C30H55NO2.C29H50O4/c1-19(14-17-31(8)9)21-10-11-22-25-23(13-16-28(21,22)5)29(6)15-12-20(32)18-24(29)26(27(2,3)4)30(25,7)33;1-17(8-11-23(31)32)19-9-10-20-24-21(13-15-27(19,20)5)28(6)14-12-18(30)16-22(28)25(26(2,3)4)29(24,7)33/h19-26,32-33H,10-18H2,1-9H3;17-22,24-25,30,33H,8-16H2,1-7H3,(H,31,32)/t19-,20-,21-,22?,23?,24+,25?,26+,28-,29-,30+;17-,18-,19-,20?,21?,22+,24?,25+,27-,28-,29+/m11/s1. The third kappa shape index (κ3) is 8.77. The van der Waals surface area contributed by atoms with Gasteiger partial charge in [-0.1, -0.05) is 83.1 Å². The van der Waals surface area contributed by atoms with Crippen LogP contribution in [-0.2, 0) is 4.79 Å². The van der Waals surface area contributed by atoms with Gasteiger partial charge in [0.2, 0.25) is 0 Å². The van der Waals surface area contributed by atoms with Gasteiger partial charge in [-0.2, -0.15) is 0 Å². The predicted octanol–water partition coefficient (Wildman–Crippen LogP) is 12.4. The molecule has 0 saturated heterocycles. The maximum absolute atomic E-state index is 12.6. The van der Waals surface area contributed by atoms with E-state index in [-0.39, 0.29) is 63.5 Å². The molecular formula is C59H105NO6. The minimum atomic E-state index is -0.754. The molecule has 0 aliphatic heterocycles. The van der Waals surface area contributed by atoms with Gasteiger partial charge >= 0.3 is 5.97 Å². The molecule has 22 atom stereocenters. The molecule has 6 unspecified atom stereocenters. The molecule has 0 amide bonds. The van der Waals surface area contributed by atoms with Crippen molar-refractivity contribution in [2.24, 2.45) is 115 Å². The van der Waals surface area contributed by atoms with Gasteiger partial charge in [0.15, 0.2) is 0 Å². The van der Waals surface area contributed by atoms with Crippen molar-refractivity contribution in [1.82, 2.24) is 4.90 Å². The van der Waals surface area contributed by atoms with Crippen molar-refractivity contribution in [3.05, 3.63) is 0 Å². The Morgan fingerprint density at radius 3 is 1.24 bits per heavy atom. The number of carboxylic acids is 1. The third-order valence-corrected chi connectivity index (χ3v) is 23.7. The number of hydrogen-bond acceptors (Lipinski definition) is 6. The molecule has 0 aromatic heterocycles. The summed E-state index contributed by atoms with van der Waals surface area (Å²) >= 11 is 0. The third-order valence-electron chi connectivity index (χ3n) is 23.7. The highest BCUT2D eigenvalue weighted by Crippen LogP contribution is 2.75. The van der Waals surface area contributed by atoms with Crippen LogP contribution in [-0.4, -0.2) is 80.5 Å². The summed E-state index contributed by atoms with van der Waals surface area (Å²) in [5.41, 5.74) is -0.452. The van der Waals surface area contributed by atoms with Crippen LogP contribution in [0.15, 0.2) is 0 Å². The van der Waals surface area contributed by atoms with Crippen molar-refractivity contribution in [2.75, 3.05) is 20.6 Å². The monoisotopic (exact) mass is 924 g/mol. The van der Waals surface area contributed by atoms with E-state index in [1.807, 2.05) is 0 Å². The van der Waals surface area contributed by atoms with Gasteiger partial charge in [0.1, 0.15) is 0 Å². The molecule has 5 N–H and O–H groups in total. The molecule has 0 aromatic rings. The molecular weight excluding hydrogens is 819 g/mol. The molecule has 66 heavy (non-hydrogen) atoms. The van der Waals surface area contributed by atoms with Gasteiger partial charge in [-0.3, -0.25) is 4.79 Å². The highest BCUT2D eigenvalue weighted by Gasteiger charge is 2.72. The van der Waals surface area contributed by atoms with Crippen molar-refractivity contribution in [1.29, 1.82) is 0 Å². The number of hydrogen-bond donors (Lipinski definition) is 5. The summed E-state index contributed by atoms with van der Waals surface area (Å²) in [6.45, 7) is 34.4. The first-order valence-corrected chi connectivity index (χ1v) is 27.9. The number of aliphatic hydroxyl groups excluding tert-OH is 2. The zero-order valence-corrected chi connectivity index (χ0v) is 45.6. The fourth-order valence-electron chi connectivity index (χ4n) is 21.4. The number of rotatable bonds is 8. The summed E-state index contributed by atoms with van der Waals surface area (Å²) in [5.74, 6) is 5.88. The van der Waals surface area contributed by atoms with E-state index < -0.39 is 17.2 Å². The number of carbonyl (C=O) groups is 1. The molecule has 8 fully saturated rings. The molecule has 0 spiro atoms. The zero-order chi connectivity index (χ0) is 49.1. The fraction of sp³-hybridized carbons (Fsp3) is 0.983. The number of nitrogens with zero attached hydrogens (tertiary/aromatic N) is 1. The quantitative estimate of drug-likeness (QED) is 0.164. The van der Waals surface area contributed by atoms with Gasteiger partial charge in [0, 0.05) is 6.42 Å². The van der Waals surface area contributed by atoms with Crippen LogP contribution >= 0.6 is 0 Å². The zero-order valence-electron chi connectivity index (χ0n) is 45.6. The topological polar surface area (TPSA) is 121 Å². The van der Waals surface area contributed by atoms with Gasteiger partial charge in [-0.25, -0.2) is 0 Å². The second kappa shape index (κ2) is 18.1. The van der Waals surface area contributed by atoms with Crippen molar-refractivity contribution < 1.29 is 30.3 Å². The van der Waals surface area contributed by atoms with Crippen molar-refractivity contribution >= 4 is 5.97 Å². The lowest BCUT2D eigenvalue weighted by molar-refractivity contribution is -0.264. The van der Waals surface area contributed by atoms with Crippen LogP contribution in [0.1, 0.15) is 206 Å². The number of aliphatic carboxylic acids is 1. The maximum Gasteiger partial charge on any atom is 0.303 e. The van der Waals surface area contributed by atoms with Crippen molar-refractivity contribution in [3.63, 3.8) is 0 Å². The number of carboxylic acid groups (broad SMARTS) is 1. The summed E-state index contributed by atoms with van der Waals surface area (Å²) in [4.78, 5) is 13.6. The van der Waals surface area contributed by atoms with Gasteiger partial charge in [0.05, 0.1) is 23.4 Å². The van der Waals surface area contributed by atoms with Gasteiger partial charge in [-0.05, 0) is 253 Å². The van der Waals surface area contributed by atoms with Crippen molar-refractivity contribution in [3.8, 4) is 0 Å². The lowest BCUT2D eigenvalue weighted by Crippen LogP contribution is -2.69. The lowest BCUT2D eigenvalue weighted by Gasteiger charge is -2.69. The average molecular weight is 924 g/mol. The molecule has 0 heterocycles. The predicted molar refractivity (Wildman–Crippen MR) is 269 cm³/mol. The van der Waals surface area contributed by atoms with Gasteiger partial charge in [-0.15, -0.1) is 0 Å². The van der Waals surface area contributed by atoms with Crippen LogP contribution in [0.5, 0.6) is 0 Å². The van der Waals surface area contributed by atoms with Crippen LogP contribution in [0.25, 0.3) is 0 Å². The highest BCUT2D eigenvalue weighted by molar-refractivity contribution is 5.66. The molecule has 7 nitrogen and oxygen atoms in total. The normalized spacial score (nSPS) is 50.9. The maximum atomic E-state index is 12.6. The molecule has 382 valence electrons. The largest absolute Gasteiger partial charge is 0.481 e. The Labute approximate surface area is 405 Å². The van der Waals surface area contributed by atoms with Gasteiger partial charge in [0.25, 0.3) is 0 Å². The first kappa shape index (κ1) is 53.1. The summed E-state index contributed by atoms with van der Waals surface area (Å²) in [6.07, 6.45) is 17.6. The number of fused-ring (bicyclic) bond motifs is 10. The minimum Gasteiger partial charge on any atom is -0.481 e. The van der Waals surface area contributed by atoms with E-state index in [1.165, 1.54) is 51.5 Å². The van der Waals surface area contributed by atoms with Crippen LogP contribution < -0.4 is 0 Å². The van der Waals surface area contributed by atoms with E-state index in [0.29, 0.717) is 58.7 Å². The number of aliphatic hydroxyl groups is 4. The fourth-order valence-corrected chi connectivity index (χ4v) is 21.4. The SMILES string of the molecule is C[C@H](CCC(=O)O)[C@H]1CCC2C3C(CC[C@@]21C)[C@@]1(C)CC[C@@H](O)C[C@H]1[C@@H](C(C)(C)C)[C@@]3(C)O.C[C@H](CCN(C)C)[C@H]1CCC2C3C(CC[C@@]21C)[C@@]1(C)CC[C@@H](O)C[C@H]1[C@@H](C(C)(C)C)[C@@]3(C)O. The minimum absolute atomic E-state index is 0.0297. The summed E-state index contributed by atoms with van der Waals surface area (Å²) in [6, 6.07) is 0. The summed E-state index contributed by atoms with van der Waals surface area (Å²) in [7, 11) is 4.39. The highest BCUT2D eigenvalue weighted by atomic mass is 16.4. The molecule has 7 heteroatoms. The van der Waals surface area contributed by atoms with E-state index in [2.05, 4.69) is 116 Å². The molecule has 0 radical (unpaired) electrons. The molecule has 0 bridgehead atoms. The van der Waals surface area contributed by atoms with Crippen LogP contribution in [0.2, 0.25) is 0 Å². The second-order valence-electron chi connectivity index (χ2n) is 29.6. The Morgan fingerprint density at radius 2 is 0.894 bits per heavy atom. The van der Waals surface area contributed by atoms with Gasteiger partial charge < -0.3 is 30.4 Å². The Bertz CT molecular complexity index is 1710. The molecule has 8 aliphatic rings. The Morgan fingerprint density at radius 1 is 0.545 bits per heavy atom. The average Bonchev–Trinajstić information content (AvgIpc) is 3.73. The molecule has 0 aromatic carbocycles. The second-order valence-corrected chi connectivity index (χ2v) is 29.6. The Kier molecular flexibility index (Phi) is 14.5. The van der Waals surface area contributed by atoms with E-state index in [1.54, 1.807) is 0 Å². The van der Waals surface area contributed by atoms with E-state index in [4.69, 9.17) is 0 Å². The summed E-state index contributed by atoms with van der Waals surface area (Å²) < 4.78 is 0. The Hall–Kier alpha value is -0.730. The van der Waals surface area contributed by atoms with Crippen LogP contribution in [0, 0.1) is 115 Å².